The molecule has 0 aliphatic heterocycles. The Morgan fingerprint density at radius 1 is 0.952 bits per heavy atom. The number of alkyl halides is 1. The number of carbonyl (C=O) groups is 1. The monoisotopic (exact) mass is 296 g/mol. The van der Waals surface area contributed by atoms with Gasteiger partial charge in [-0.15, -0.1) is 11.6 Å². The number of Topliss-reactive ketones (excluding diaryl/α,β-unsaturated/α-hetero) is 1. The highest BCUT2D eigenvalue weighted by Gasteiger charge is 2.34. The Balaban J connectivity index is 2.09. The van der Waals surface area contributed by atoms with Gasteiger partial charge in [-0.3, -0.25) is 4.79 Å². The van der Waals surface area contributed by atoms with E-state index in [1.165, 1.54) is 0 Å². The van der Waals surface area contributed by atoms with E-state index in [4.69, 9.17) is 11.6 Å². The highest BCUT2D eigenvalue weighted by molar-refractivity contribution is 6.28. The van der Waals surface area contributed by atoms with Crippen LogP contribution in [-0.2, 0) is 5.41 Å². The standard InChI is InChI=1S/C19H17ClO/c1-19(2)12-15(17(20)13-8-4-3-5-9-13)18(21)14-10-6-7-11-16(14)19/h3-12,17H,1-2H3/t17-/m0/s1. The lowest BCUT2D eigenvalue weighted by molar-refractivity contribution is 0.102. The summed E-state index contributed by atoms with van der Waals surface area (Å²) < 4.78 is 0. The summed E-state index contributed by atoms with van der Waals surface area (Å²) in [5.41, 5.74) is 3.26. The molecule has 1 nitrogen and oxygen atoms in total. The van der Waals surface area contributed by atoms with Gasteiger partial charge in [0.05, 0.1) is 5.38 Å². The van der Waals surface area contributed by atoms with E-state index in [0.29, 0.717) is 5.57 Å². The number of hydrogen-bond donors (Lipinski definition) is 0. The molecule has 3 rings (SSSR count). The second kappa shape index (κ2) is 5.16. The van der Waals surface area contributed by atoms with Gasteiger partial charge in [-0.05, 0) is 11.1 Å². The van der Waals surface area contributed by atoms with Crippen molar-refractivity contribution in [1.82, 2.24) is 0 Å². The van der Waals surface area contributed by atoms with Gasteiger partial charge in [0.1, 0.15) is 0 Å². The highest BCUT2D eigenvalue weighted by Crippen LogP contribution is 2.41. The molecular weight excluding hydrogens is 280 g/mol. The van der Waals surface area contributed by atoms with Crippen LogP contribution < -0.4 is 0 Å². The fourth-order valence-electron chi connectivity index (χ4n) is 2.92. The van der Waals surface area contributed by atoms with Crippen molar-refractivity contribution in [3.63, 3.8) is 0 Å². The van der Waals surface area contributed by atoms with Crippen molar-refractivity contribution in [2.75, 3.05) is 0 Å². The molecule has 0 N–H and O–H groups in total. The van der Waals surface area contributed by atoms with Crippen LogP contribution in [0.2, 0.25) is 0 Å². The summed E-state index contributed by atoms with van der Waals surface area (Å²) in [5, 5.41) is -0.411. The molecule has 2 heteroatoms. The first-order valence-corrected chi connectivity index (χ1v) is 7.50. The van der Waals surface area contributed by atoms with Gasteiger partial charge in [0.15, 0.2) is 5.78 Å². The molecule has 0 fully saturated rings. The molecule has 21 heavy (non-hydrogen) atoms. The number of allylic oxidation sites excluding steroid dienone is 2. The zero-order valence-corrected chi connectivity index (χ0v) is 12.9. The molecule has 0 radical (unpaired) electrons. The van der Waals surface area contributed by atoms with Crippen molar-refractivity contribution in [3.05, 3.63) is 82.9 Å². The molecule has 0 unspecified atom stereocenters. The maximum atomic E-state index is 12.8. The molecule has 0 saturated carbocycles. The molecule has 2 aromatic rings. The van der Waals surface area contributed by atoms with E-state index in [1.54, 1.807) is 0 Å². The van der Waals surface area contributed by atoms with Crippen molar-refractivity contribution in [3.8, 4) is 0 Å². The molecule has 0 saturated heterocycles. The number of benzene rings is 2. The molecule has 1 aliphatic carbocycles. The van der Waals surface area contributed by atoms with Crippen molar-refractivity contribution >= 4 is 17.4 Å². The number of rotatable bonds is 2. The van der Waals surface area contributed by atoms with Crippen LogP contribution in [0.15, 0.2) is 66.2 Å². The Labute approximate surface area is 130 Å². The second-order valence-electron chi connectivity index (χ2n) is 5.97. The summed E-state index contributed by atoms with van der Waals surface area (Å²) in [6.45, 7) is 4.24. The third-order valence-corrected chi connectivity index (χ3v) is 4.50. The maximum Gasteiger partial charge on any atom is 0.190 e. The van der Waals surface area contributed by atoms with Crippen molar-refractivity contribution in [1.29, 1.82) is 0 Å². The Bertz CT molecular complexity index is 713. The molecule has 0 amide bonds. The van der Waals surface area contributed by atoms with E-state index in [2.05, 4.69) is 13.8 Å². The molecule has 0 aromatic heterocycles. The molecule has 2 aromatic carbocycles. The summed E-state index contributed by atoms with van der Waals surface area (Å²) >= 11 is 6.58. The van der Waals surface area contributed by atoms with E-state index < -0.39 is 5.38 Å². The smallest absolute Gasteiger partial charge is 0.190 e. The summed E-state index contributed by atoms with van der Waals surface area (Å²) in [4.78, 5) is 12.8. The zero-order chi connectivity index (χ0) is 15.0. The van der Waals surface area contributed by atoms with Gasteiger partial charge < -0.3 is 0 Å². The summed E-state index contributed by atoms with van der Waals surface area (Å²) in [6, 6.07) is 17.5. The summed E-state index contributed by atoms with van der Waals surface area (Å²) in [7, 11) is 0. The zero-order valence-electron chi connectivity index (χ0n) is 12.1. The van der Waals surface area contributed by atoms with Gasteiger partial charge in [-0.2, -0.15) is 0 Å². The Hall–Kier alpha value is -1.86. The number of ketones is 1. The van der Waals surface area contributed by atoms with Crippen LogP contribution in [0.1, 0.15) is 40.7 Å². The third kappa shape index (κ3) is 2.43. The third-order valence-electron chi connectivity index (χ3n) is 4.01. The largest absolute Gasteiger partial charge is 0.289 e. The topological polar surface area (TPSA) is 17.1 Å². The summed E-state index contributed by atoms with van der Waals surface area (Å²) in [6.07, 6.45) is 2.02. The number of fused-ring (bicyclic) bond motifs is 1. The minimum absolute atomic E-state index is 0.0359. The SMILES string of the molecule is CC1(C)C=C([C@@H](Cl)c2ccccc2)C(=O)c2ccccc21. The van der Waals surface area contributed by atoms with Crippen LogP contribution >= 0.6 is 11.6 Å². The van der Waals surface area contributed by atoms with Crippen LogP contribution in [0.25, 0.3) is 0 Å². The van der Waals surface area contributed by atoms with Gasteiger partial charge in [-0.25, -0.2) is 0 Å². The van der Waals surface area contributed by atoms with Crippen LogP contribution in [0.4, 0.5) is 0 Å². The number of carbonyl (C=O) groups excluding carboxylic acids is 1. The lowest BCUT2D eigenvalue weighted by atomic mass is 9.73. The Morgan fingerprint density at radius 2 is 1.57 bits per heavy atom. The van der Waals surface area contributed by atoms with Crippen LogP contribution in [-0.4, -0.2) is 5.78 Å². The van der Waals surface area contributed by atoms with Crippen molar-refractivity contribution in [2.45, 2.75) is 24.6 Å². The fourth-order valence-corrected chi connectivity index (χ4v) is 3.23. The van der Waals surface area contributed by atoms with Crippen LogP contribution in [0.3, 0.4) is 0 Å². The van der Waals surface area contributed by atoms with E-state index in [9.17, 15) is 4.79 Å². The normalized spacial score (nSPS) is 17.9. The number of halogens is 1. The number of hydrogen-bond acceptors (Lipinski definition) is 1. The highest BCUT2D eigenvalue weighted by atomic mass is 35.5. The van der Waals surface area contributed by atoms with Gasteiger partial charge in [0.25, 0.3) is 0 Å². The minimum Gasteiger partial charge on any atom is -0.289 e. The van der Waals surface area contributed by atoms with E-state index >= 15 is 0 Å². The molecule has 0 bridgehead atoms. The quantitative estimate of drug-likeness (QED) is 0.707. The van der Waals surface area contributed by atoms with E-state index in [1.807, 2.05) is 60.7 Å². The van der Waals surface area contributed by atoms with E-state index in [-0.39, 0.29) is 11.2 Å². The van der Waals surface area contributed by atoms with Crippen LogP contribution in [0.5, 0.6) is 0 Å². The van der Waals surface area contributed by atoms with Gasteiger partial charge in [0, 0.05) is 16.6 Å². The van der Waals surface area contributed by atoms with Gasteiger partial charge >= 0.3 is 0 Å². The molecule has 1 aliphatic rings. The maximum absolute atomic E-state index is 12.8. The Kier molecular flexibility index (Phi) is 3.46. The average molecular weight is 297 g/mol. The molecule has 1 atom stereocenters. The predicted octanol–water partition coefficient (Wildman–Crippen LogP) is 5.07. The first-order chi connectivity index (χ1) is 10.0. The molecule has 106 valence electrons. The predicted molar refractivity (Wildman–Crippen MR) is 86.9 cm³/mol. The first kappa shape index (κ1) is 14.1. The minimum atomic E-state index is -0.411. The fraction of sp³-hybridized carbons (Fsp3) is 0.211. The lowest BCUT2D eigenvalue weighted by Crippen LogP contribution is -2.27. The van der Waals surface area contributed by atoms with Gasteiger partial charge in [-0.1, -0.05) is 74.5 Å². The van der Waals surface area contributed by atoms with Crippen LogP contribution in [0, 0.1) is 0 Å². The van der Waals surface area contributed by atoms with Crippen molar-refractivity contribution in [2.24, 2.45) is 0 Å². The Morgan fingerprint density at radius 3 is 2.29 bits per heavy atom. The summed E-state index contributed by atoms with van der Waals surface area (Å²) in [5.74, 6) is 0.0359. The average Bonchev–Trinajstić information content (AvgIpc) is 2.51. The first-order valence-electron chi connectivity index (χ1n) is 7.07. The molecular formula is C19H17ClO. The second-order valence-corrected chi connectivity index (χ2v) is 6.41. The lowest BCUT2D eigenvalue weighted by Gasteiger charge is -2.31. The molecule has 0 spiro atoms. The van der Waals surface area contributed by atoms with Crippen molar-refractivity contribution < 1.29 is 4.79 Å². The molecule has 0 heterocycles. The van der Waals surface area contributed by atoms with E-state index in [0.717, 1.165) is 16.7 Å². The van der Waals surface area contributed by atoms with Gasteiger partial charge in [0.2, 0.25) is 0 Å².